The van der Waals surface area contributed by atoms with Crippen molar-refractivity contribution in [3.8, 4) is 5.75 Å². The molecule has 2 rings (SSSR count). The fraction of sp³-hybridized carbons (Fsp3) is 0.500. The number of carbonyl (C=O) groups excluding carboxylic acids is 1. The van der Waals surface area contributed by atoms with Gasteiger partial charge in [0.05, 0.1) is 17.7 Å². The van der Waals surface area contributed by atoms with Crippen molar-refractivity contribution in [2.45, 2.75) is 0 Å². The van der Waals surface area contributed by atoms with E-state index in [1.165, 1.54) is 29.8 Å². The average molecular weight is 488 g/mol. The molecule has 0 spiro atoms. The molecule has 1 aromatic carbocycles. The minimum absolute atomic E-state index is 0.216. The number of carbonyl (C=O) groups is 1. The molecule has 1 heterocycles. The second-order valence-electron chi connectivity index (χ2n) is 5.45. The van der Waals surface area contributed by atoms with Crippen LogP contribution in [0.1, 0.15) is 10.4 Å². The van der Waals surface area contributed by atoms with Gasteiger partial charge in [-0.1, -0.05) is 11.6 Å². The molecule has 1 aliphatic heterocycles. The fourth-order valence-electron chi connectivity index (χ4n) is 2.39. The monoisotopic (exact) mass is 487 g/mol. The van der Waals surface area contributed by atoms with Crippen LogP contribution in [-0.2, 0) is 10.2 Å². The van der Waals surface area contributed by atoms with E-state index in [4.69, 9.17) is 16.3 Å². The van der Waals surface area contributed by atoms with Crippen LogP contribution in [0, 0.1) is 3.57 Å². The molecule has 0 bridgehead atoms. The summed E-state index contributed by atoms with van der Waals surface area (Å²) < 4.78 is 32.9. The Morgan fingerprint density at radius 2 is 1.83 bits per heavy atom. The number of rotatable bonds is 4. The van der Waals surface area contributed by atoms with Gasteiger partial charge in [0.25, 0.3) is 16.1 Å². The Bertz CT molecular complexity index is 734. The lowest BCUT2D eigenvalue weighted by Crippen LogP contribution is -2.53. The maximum absolute atomic E-state index is 12.7. The first-order valence-corrected chi connectivity index (χ1v) is 10.0. The molecule has 24 heavy (non-hydrogen) atoms. The van der Waals surface area contributed by atoms with Crippen LogP contribution >= 0.6 is 34.2 Å². The minimum atomic E-state index is -3.46. The van der Waals surface area contributed by atoms with Crippen molar-refractivity contribution < 1.29 is 17.9 Å². The van der Waals surface area contributed by atoms with Crippen LogP contribution in [0.5, 0.6) is 5.75 Å². The first-order chi connectivity index (χ1) is 11.2. The Morgan fingerprint density at radius 3 is 2.33 bits per heavy atom. The zero-order valence-electron chi connectivity index (χ0n) is 13.6. The number of amides is 1. The highest BCUT2D eigenvalue weighted by atomic mass is 127. The highest BCUT2D eigenvalue weighted by Crippen LogP contribution is 2.29. The molecule has 0 unspecified atom stereocenters. The Balaban J connectivity index is 2.16. The van der Waals surface area contributed by atoms with Gasteiger partial charge < -0.3 is 9.64 Å². The van der Waals surface area contributed by atoms with Crippen molar-refractivity contribution in [1.29, 1.82) is 0 Å². The summed E-state index contributed by atoms with van der Waals surface area (Å²) in [6.07, 6.45) is 0. The molecule has 1 aliphatic rings. The van der Waals surface area contributed by atoms with Crippen molar-refractivity contribution in [3.05, 3.63) is 26.3 Å². The van der Waals surface area contributed by atoms with E-state index in [0.29, 0.717) is 29.4 Å². The van der Waals surface area contributed by atoms with E-state index in [2.05, 4.69) is 22.6 Å². The van der Waals surface area contributed by atoms with E-state index < -0.39 is 10.2 Å². The van der Waals surface area contributed by atoms with Crippen LogP contribution in [0.2, 0.25) is 5.02 Å². The summed E-state index contributed by atoms with van der Waals surface area (Å²) in [4.78, 5) is 14.4. The van der Waals surface area contributed by atoms with Crippen LogP contribution < -0.4 is 4.74 Å². The number of halogens is 2. The highest BCUT2D eigenvalue weighted by Gasteiger charge is 2.31. The minimum Gasteiger partial charge on any atom is -0.496 e. The average Bonchev–Trinajstić information content (AvgIpc) is 2.56. The van der Waals surface area contributed by atoms with Gasteiger partial charge in [-0.2, -0.15) is 17.0 Å². The zero-order chi connectivity index (χ0) is 18.1. The lowest BCUT2D eigenvalue weighted by Gasteiger charge is -2.35. The van der Waals surface area contributed by atoms with Gasteiger partial charge >= 0.3 is 0 Å². The van der Waals surface area contributed by atoms with Crippen molar-refractivity contribution >= 4 is 50.3 Å². The predicted molar refractivity (Wildman–Crippen MR) is 101 cm³/mol. The highest BCUT2D eigenvalue weighted by molar-refractivity contribution is 14.1. The van der Waals surface area contributed by atoms with Crippen LogP contribution in [0.25, 0.3) is 0 Å². The second kappa shape index (κ2) is 7.73. The maximum atomic E-state index is 12.7. The van der Waals surface area contributed by atoms with Crippen molar-refractivity contribution in [2.75, 3.05) is 47.4 Å². The lowest BCUT2D eigenvalue weighted by molar-refractivity contribution is 0.0692. The van der Waals surface area contributed by atoms with Crippen LogP contribution in [0.3, 0.4) is 0 Å². The van der Waals surface area contributed by atoms with E-state index in [-0.39, 0.29) is 19.0 Å². The van der Waals surface area contributed by atoms with E-state index >= 15 is 0 Å². The smallest absolute Gasteiger partial charge is 0.281 e. The van der Waals surface area contributed by atoms with Gasteiger partial charge in [0.1, 0.15) is 5.75 Å². The number of methoxy groups -OCH3 is 1. The summed E-state index contributed by atoms with van der Waals surface area (Å²) in [5, 5.41) is 0.480. The van der Waals surface area contributed by atoms with Crippen LogP contribution in [0.15, 0.2) is 12.1 Å². The van der Waals surface area contributed by atoms with Crippen LogP contribution in [-0.4, -0.2) is 75.2 Å². The first kappa shape index (κ1) is 19.7. The molecule has 0 N–H and O–H groups in total. The predicted octanol–water partition coefficient (Wildman–Crippen LogP) is 1.52. The Morgan fingerprint density at radius 1 is 1.25 bits per heavy atom. The Labute approximate surface area is 160 Å². The molecule has 0 aliphatic carbocycles. The van der Waals surface area contributed by atoms with E-state index in [9.17, 15) is 13.2 Å². The molecule has 1 fully saturated rings. The molecule has 10 heteroatoms. The summed E-state index contributed by atoms with van der Waals surface area (Å²) in [7, 11) is 1.02. The number of hydrogen-bond donors (Lipinski definition) is 0. The van der Waals surface area contributed by atoms with Crippen molar-refractivity contribution in [2.24, 2.45) is 0 Å². The van der Waals surface area contributed by atoms with Gasteiger partial charge in [0.2, 0.25) is 0 Å². The van der Waals surface area contributed by atoms with E-state index in [0.717, 1.165) is 3.57 Å². The topological polar surface area (TPSA) is 70.2 Å². The normalized spacial score (nSPS) is 16.5. The number of hydrogen-bond acceptors (Lipinski definition) is 4. The quantitative estimate of drug-likeness (QED) is 0.604. The van der Waals surface area contributed by atoms with Gasteiger partial charge in [-0.15, -0.1) is 0 Å². The third kappa shape index (κ3) is 3.96. The Kier molecular flexibility index (Phi) is 6.35. The third-order valence-corrected chi connectivity index (χ3v) is 7.25. The second-order valence-corrected chi connectivity index (χ2v) is 9.16. The van der Waals surface area contributed by atoms with Crippen molar-refractivity contribution in [1.82, 2.24) is 13.5 Å². The van der Waals surface area contributed by atoms with Gasteiger partial charge in [0, 0.05) is 43.8 Å². The molecule has 1 saturated heterocycles. The SMILES string of the molecule is COc1cc(I)c(Cl)cc1C(=O)N1CCN(S(=O)(=O)N(C)C)CC1. The molecule has 0 saturated carbocycles. The molecule has 1 amide bonds. The standard InChI is InChI=1S/C14H19ClIN3O4S/c1-17(2)24(21,22)19-6-4-18(5-7-19)14(20)10-8-11(15)12(16)9-13(10)23-3/h8-9H,4-7H2,1-3H3. The summed E-state index contributed by atoms with van der Waals surface area (Å²) in [5.74, 6) is 0.240. The molecule has 0 aromatic heterocycles. The lowest BCUT2D eigenvalue weighted by atomic mass is 10.1. The largest absolute Gasteiger partial charge is 0.496 e. The summed E-state index contributed by atoms with van der Waals surface area (Å²) in [5.41, 5.74) is 0.381. The molecule has 0 radical (unpaired) electrons. The van der Waals surface area contributed by atoms with Crippen molar-refractivity contribution in [3.63, 3.8) is 0 Å². The molecule has 7 nitrogen and oxygen atoms in total. The summed E-state index contributed by atoms with van der Waals surface area (Å²) in [6.45, 7) is 1.15. The van der Waals surface area contributed by atoms with Gasteiger partial charge in [-0.3, -0.25) is 4.79 Å². The maximum Gasteiger partial charge on any atom is 0.281 e. The molecular formula is C14H19ClIN3O4S. The van der Waals surface area contributed by atoms with E-state index in [1.54, 1.807) is 17.0 Å². The molecule has 134 valence electrons. The van der Waals surface area contributed by atoms with E-state index in [1.807, 2.05) is 0 Å². The summed E-state index contributed by atoms with van der Waals surface area (Å²) in [6, 6.07) is 3.30. The van der Waals surface area contributed by atoms with Gasteiger partial charge in [-0.25, -0.2) is 0 Å². The fourth-order valence-corrected chi connectivity index (χ4v) is 4.08. The number of piperazine rings is 1. The first-order valence-electron chi connectivity index (χ1n) is 7.18. The number of benzene rings is 1. The third-order valence-electron chi connectivity index (χ3n) is 3.79. The number of nitrogens with zero attached hydrogens (tertiary/aromatic N) is 3. The zero-order valence-corrected chi connectivity index (χ0v) is 17.4. The van der Waals surface area contributed by atoms with Gasteiger partial charge in [0.15, 0.2) is 0 Å². The van der Waals surface area contributed by atoms with Crippen LogP contribution in [0.4, 0.5) is 0 Å². The Hall–Kier alpha value is -0.620. The molecule has 1 aromatic rings. The molecule has 0 atom stereocenters. The summed E-state index contributed by atoms with van der Waals surface area (Å²) >= 11 is 8.19. The van der Waals surface area contributed by atoms with Gasteiger partial charge in [-0.05, 0) is 34.7 Å². The number of ether oxygens (including phenoxy) is 1. The molecular weight excluding hydrogens is 469 g/mol.